The number of aromatic nitrogens is 1. The maximum atomic E-state index is 11.8. The van der Waals surface area contributed by atoms with Crippen LogP contribution >= 0.6 is 23.2 Å². The number of hydrogen-bond acceptors (Lipinski definition) is 2. The SMILES string of the molecule is CC(NC(=O)NCc1ccccn1)c1ccc(Cl)c(Cl)c1. The summed E-state index contributed by atoms with van der Waals surface area (Å²) in [4.78, 5) is 16.0. The Kier molecular flexibility index (Phi) is 5.42. The van der Waals surface area contributed by atoms with Crippen LogP contribution in [0, 0.1) is 0 Å². The number of carbonyl (C=O) groups is 1. The Morgan fingerprint density at radius 3 is 2.71 bits per heavy atom. The first kappa shape index (κ1) is 15.6. The maximum Gasteiger partial charge on any atom is 0.315 e. The predicted molar refractivity (Wildman–Crippen MR) is 84.5 cm³/mol. The third kappa shape index (κ3) is 4.62. The molecular formula is C15H15Cl2N3O. The Bertz CT molecular complexity index is 620. The van der Waals surface area contributed by atoms with E-state index in [1.807, 2.05) is 31.2 Å². The van der Waals surface area contributed by atoms with Gasteiger partial charge >= 0.3 is 6.03 Å². The minimum absolute atomic E-state index is 0.177. The van der Waals surface area contributed by atoms with Crippen LogP contribution in [0.15, 0.2) is 42.6 Å². The van der Waals surface area contributed by atoms with Crippen molar-refractivity contribution in [2.75, 3.05) is 0 Å². The van der Waals surface area contributed by atoms with Crippen LogP contribution in [0.1, 0.15) is 24.2 Å². The zero-order valence-corrected chi connectivity index (χ0v) is 12.9. The molecule has 0 bridgehead atoms. The number of amides is 2. The van der Waals surface area contributed by atoms with Crippen molar-refractivity contribution < 1.29 is 4.79 Å². The van der Waals surface area contributed by atoms with Crippen molar-refractivity contribution in [2.45, 2.75) is 19.5 Å². The number of nitrogens with one attached hydrogen (secondary N) is 2. The molecule has 2 amide bonds. The highest BCUT2D eigenvalue weighted by Crippen LogP contribution is 2.25. The van der Waals surface area contributed by atoms with Gasteiger partial charge in [-0.15, -0.1) is 0 Å². The molecule has 0 aliphatic rings. The second-order valence-electron chi connectivity index (χ2n) is 4.54. The van der Waals surface area contributed by atoms with Gasteiger partial charge in [-0.25, -0.2) is 4.79 Å². The lowest BCUT2D eigenvalue weighted by molar-refractivity contribution is 0.237. The summed E-state index contributed by atoms with van der Waals surface area (Å²) in [7, 11) is 0. The van der Waals surface area contributed by atoms with Gasteiger partial charge in [-0.3, -0.25) is 4.98 Å². The fraction of sp³-hybridized carbons (Fsp3) is 0.200. The van der Waals surface area contributed by atoms with Gasteiger partial charge in [0, 0.05) is 6.20 Å². The minimum atomic E-state index is -0.265. The summed E-state index contributed by atoms with van der Waals surface area (Å²) in [5, 5.41) is 6.55. The number of rotatable bonds is 4. The number of hydrogen-bond donors (Lipinski definition) is 2. The largest absolute Gasteiger partial charge is 0.332 e. The van der Waals surface area contributed by atoms with Crippen LogP contribution in [0.3, 0.4) is 0 Å². The first-order chi connectivity index (χ1) is 10.1. The highest BCUT2D eigenvalue weighted by Gasteiger charge is 2.10. The van der Waals surface area contributed by atoms with E-state index in [2.05, 4.69) is 15.6 Å². The van der Waals surface area contributed by atoms with E-state index < -0.39 is 0 Å². The van der Waals surface area contributed by atoms with Crippen LogP contribution in [-0.2, 0) is 6.54 Å². The monoisotopic (exact) mass is 323 g/mol. The van der Waals surface area contributed by atoms with E-state index >= 15 is 0 Å². The minimum Gasteiger partial charge on any atom is -0.332 e. The Labute approximate surface area is 133 Å². The Morgan fingerprint density at radius 2 is 2.05 bits per heavy atom. The summed E-state index contributed by atoms with van der Waals surface area (Å²) in [6, 6.07) is 10.4. The highest BCUT2D eigenvalue weighted by molar-refractivity contribution is 6.42. The van der Waals surface area contributed by atoms with E-state index in [-0.39, 0.29) is 12.1 Å². The molecule has 0 saturated carbocycles. The van der Waals surface area contributed by atoms with Crippen LogP contribution < -0.4 is 10.6 Å². The van der Waals surface area contributed by atoms with Crippen LogP contribution in [-0.4, -0.2) is 11.0 Å². The first-order valence-electron chi connectivity index (χ1n) is 6.45. The van der Waals surface area contributed by atoms with Crippen LogP contribution in [0.25, 0.3) is 0 Å². The lowest BCUT2D eigenvalue weighted by atomic mass is 10.1. The Hall–Kier alpha value is -1.78. The van der Waals surface area contributed by atoms with E-state index in [0.717, 1.165) is 11.3 Å². The average molecular weight is 324 g/mol. The molecule has 110 valence electrons. The quantitative estimate of drug-likeness (QED) is 0.895. The molecule has 0 aliphatic heterocycles. The summed E-state index contributed by atoms with van der Waals surface area (Å²) in [6.07, 6.45) is 1.69. The van der Waals surface area contributed by atoms with Gasteiger partial charge in [0.05, 0.1) is 28.3 Å². The lowest BCUT2D eigenvalue weighted by Crippen LogP contribution is -2.36. The third-order valence-electron chi connectivity index (χ3n) is 2.95. The summed E-state index contributed by atoms with van der Waals surface area (Å²) in [5.74, 6) is 0. The molecular weight excluding hydrogens is 309 g/mol. The molecule has 0 saturated heterocycles. The summed E-state index contributed by atoms with van der Waals surface area (Å²) in [5.41, 5.74) is 1.69. The van der Waals surface area contributed by atoms with E-state index in [1.165, 1.54) is 0 Å². The number of nitrogens with zero attached hydrogens (tertiary/aromatic N) is 1. The smallest absolute Gasteiger partial charge is 0.315 e. The maximum absolute atomic E-state index is 11.8. The molecule has 0 radical (unpaired) electrons. The van der Waals surface area contributed by atoms with E-state index in [9.17, 15) is 4.79 Å². The van der Waals surface area contributed by atoms with E-state index in [1.54, 1.807) is 18.3 Å². The van der Waals surface area contributed by atoms with Crippen LogP contribution in [0.4, 0.5) is 4.79 Å². The molecule has 2 N–H and O–H groups in total. The topological polar surface area (TPSA) is 54.0 Å². The number of benzene rings is 1. The number of urea groups is 1. The van der Waals surface area contributed by atoms with Gasteiger partial charge in [-0.2, -0.15) is 0 Å². The van der Waals surface area contributed by atoms with Crippen molar-refractivity contribution in [2.24, 2.45) is 0 Å². The van der Waals surface area contributed by atoms with E-state index in [0.29, 0.717) is 16.6 Å². The molecule has 0 fully saturated rings. The van der Waals surface area contributed by atoms with Gasteiger partial charge in [-0.05, 0) is 36.8 Å². The van der Waals surface area contributed by atoms with Gasteiger partial charge in [0.15, 0.2) is 0 Å². The lowest BCUT2D eigenvalue weighted by Gasteiger charge is -2.15. The predicted octanol–water partition coefficient (Wildman–Crippen LogP) is 3.95. The molecule has 1 aromatic carbocycles. The fourth-order valence-electron chi connectivity index (χ4n) is 1.79. The molecule has 0 spiro atoms. The second kappa shape index (κ2) is 7.29. The fourth-order valence-corrected chi connectivity index (χ4v) is 2.09. The van der Waals surface area contributed by atoms with Crippen molar-refractivity contribution in [3.8, 4) is 0 Å². The first-order valence-corrected chi connectivity index (χ1v) is 7.21. The molecule has 1 unspecified atom stereocenters. The molecule has 0 aliphatic carbocycles. The molecule has 4 nitrogen and oxygen atoms in total. The summed E-state index contributed by atoms with van der Waals surface area (Å²) < 4.78 is 0. The van der Waals surface area contributed by atoms with Crippen LogP contribution in [0.2, 0.25) is 10.0 Å². The summed E-state index contributed by atoms with van der Waals surface area (Å²) in [6.45, 7) is 2.25. The van der Waals surface area contributed by atoms with Crippen LogP contribution in [0.5, 0.6) is 0 Å². The number of pyridine rings is 1. The molecule has 2 rings (SSSR count). The van der Waals surface area contributed by atoms with Crippen molar-refractivity contribution in [3.05, 3.63) is 63.9 Å². The third-order valence-corrected chi connectivity index (χ3v) is 3.69. The Balaban J connectivity index is 1.88. The standard InChI is InChI=1S/C15H15Cl2N3O/c1-10(11-5-6-13(16)14(17)8-11)20-15(21)19-9-12-4-2-3-7-18-12/h2-8,10H,9H2,1H3,(H2,19,20,21). The van der Waals surface area contributed by atoms with Gasteiger partial charge in [0.2, 0.25) is 0 Å². The average Bonchev–Trinajstić information content (AvgIpc) is 2.49. The summed E-state index contributed by atoms with van der Waals surface area (Å²) >= 11 is 11.8. The second-order valence-corrected chi connectivity index (χ2v) is 5.36. The molecule has 1 atom stereocenters. The molecule has 2 aromatic rings. The normalized spacial score (nSPS) is 11.8. The Morgan fingerprint density at radius 1 is 1.24 bits per heavy atom. The van der Waals surface area contributed by atoms with Gasteiger partial charge in [0.25, 0.3) is 0 Å². The van der Waals surface area contributed by atoms with Crippen molar-refractivity contribution >= 4 is 29.2 Å². The molecule has 1 heterocycles. The van der Waals surface area contributed by atoms with Gasteiger partial charge in [0.1, 0.15) is 0 Å². The van der Waals surface area contributed by atoms with Crippen molar-refractivity contribution in [1.82, 2.24) is 15.6 Å². The van der Waals surface area contributed by atoms with Gasteiger partial charge < -0.3 is 10.6 Å². The van der Waals surface area contributed by atoms with Crippen molar-refractivity contribution in [1.29, 1.82) is 0 Å². The number of carbonyl (C=O) groups excluding carboxylic acids is 1. The molecule has 21 heavy (non-hydrogen) atoms. The molecule has 6 heteroatoms. The number of halogens is 2. The van der Waals surface area contributed by atoms with Gasteiger partial charge in [-0.1, -0.05) is 35.3 Å². The zero-order valence-electron chi connectivity index (χ0n) is 11.4. The zero-order chi connectivity index (χ0) is 15.2. The van der Waals surface area contributed by atoms with E-state index in [4.69, 9.17) is 23.2 Å². The molecule has 1 aromatic heterocycles. The highest BCUT2D eigenvalue weighted by atomic mass is 35.5. The van der Waals surface area contributed by atoms with Crippen molar-refractivity contribution in [3.63, 3.8) is 0 Å².